The quantitative estimate of drug-likeness (QED) is 0.730. The fourth-order valence-electron chi connectivity index (χ4n) is 1.41. The minimum absolute atomic E-state index is 0.0641. The molecule has 0 fully saturated rings. The van der Waals surface area contributed by atoms with Crippen molar-refractivity contribution in [1.29, 1.82) is 0 Å². The summed E-state index contributed by atoms with van der Waals surface area (Å²) in [7, 11) is 0. The standard InChI is InChI=1S/C11H15N5/c1-8-5-13-9(6-12-8)10-15-14-7-16(10)11(2,3)4/h5-7H,1-4H3. The van der Waals surface area contributed by atoms with Crippen molar-refractivity contribution in [3.05, 3.63) is 24.4 Å². The van der Waals surface area contributed by atoms with Gasteiger partial charge in [0.15, 0.2) is 5.82 Å². The van der Waals surface area contributed by atoms with Gasteiger partial charge in [0.05, 0.1) is 11.9 Å². The van der Waals surface area contributed by atoms with Crippen LogP contribution in [-0.4, -0.2) is 24.7 Å². The van der Waals surface area contributed by atoms with Crippen molar-refractivity contribution in [3.8, 4) is 11.5 Å². The molecule has 16 heavy (non-hydrogen) atoms. The van der Waals surface area contributed by atoms with E-state index in [1.165, 1.54) is 0 Å². The van der Waals surface area contributed by atoms with Crippen molar-refractivity contribution >= 4 is 0 Å². The summed E-state index contributed by atoms with van der Waals surface area (Å²) in [6.07, 6.45) is 5.18. The van der Waals surface area contributed by atoms with E-state index in [4.69, 9.17) is 0 Å². The fraction of sp³-hybridized carbons (Fsp3) is 0.455. The molecule has 5 heteroatoms. The number of aromatic nitrogens is 5. The average Bonchev–Trinajstić information content (AvgIpc) is 2.66. The number of nitrogens with zero attached hydrogens (tertiary/aromatic N) is 5. The SMILES string of the molecule is Cc1cnc(-c2nncn2C(C)(C)C)cn1. The summed E-state index contributed by atoms with van der Waals surface area (Å²) in [6, 6.07) is 0. The molecule has 0 amide bonds. The molecule has 0 aliphatic carbocycles. The normalized spacial score (nSPS) is 11.8. The first kappa shape index (κ1) is 10.7. The molecule has 0 unspecified atom stereocenters. The summed E-state index contributed by atoms with van der Waals surface area (Å²) in [4.78, 5) is 8.52. The van der Waals surface area contributed by atoms with E-state index >= 15 is 0 Å². The van der Waals surface area contributed by atoms with E-state index < -0.39 is 0 Å². The van der Waals surface area contributed by atoms with Crippen LogP contribution in [-0.2, 0) is 5.54 Å². The van der Waals surface area contributed by atoms with E-state index in [0.29, 0.717) is 0 Å². The first-order valence-corrected chi connectivity index (χ1v) is 5.18. The Morgan fingerprint density at radius 3 is 2.44 bits per heavy atom. The van der Waals surface area contributed by atoms with Gasteiger partial charge in [-0.05, 0) is 27.7 Å². The molecule has 2 aromatic rings. The van der Waals surface area contributed by atoms with Gasteiger partial charge in [-0.15, -0.1) is 10.2 Å². The molecule has 0 aliphatic rings. The summed E-state index contributed by atoms with van der Waals surface area (Å²) in [5.41, 5.74) is 1.58. The second kappa shape index (κ2) is 3.66. The second-order valence-corrected chi connectivity index (χ2v) is 4.74. The summed E-state index contributed by atoms with van der Waals surface area (Å²) in [5.74, 6) is 0.750. The molecule has 2 rings (SSSR count). The molecule has 0 atom stereocenters. The summed E-state index contributed by atoms with van der Waals surface area (Å²) < 4.78 is 1.99. The van der Waals surface area contributed by atoms with Gasteiger partial charge in [-0.3, -0.25) is 4.98 Å². The molecule has 0 aliphatic heterocycles. The molecule has 0 saturated heterocycles. The van der Waals surface area contributed by atoms with Crippen LogP contribution < -0.4 is 0 Å². The Bertz CT molecular complexity index is 478. The highest BCUT2D eigenvalue weighted by Gasteiger charge is 2.19. The van der Waals surface area contributed by atoms with Crippen molar-refractivity contribution in [2.45, 2.75) is 33.2 Å². The van der Waals surface area contributed by atoms with Gasteiger partial charge in [0.1, 0.15) is 12.0 Å². The van der Waals surface area contributed by atoms with Crippen LogP contribution in [0.15, 0.2) is 18.7 Å². The predicted molar refractivity (Wildman–Crippen MR) is 60.8 cm³/mol. The Hall–Kier alpha value is -1.78. The van der Waals surface area contributed by atoms with Gasteiger partial charge in [-0.1, -0.05) is 0 Å². The molecule has 0 saturated carbocycles. The van der Waals surface area contributed by atoms with E-state index in [-0.39, 0.29) is 5.54 Å². The number of hydrogen-bond acceptors (Lipinski definition) is 4. The van der Waals surface area contributed by atoms with Crippen LogP contribution in [0.4, 0.5) is 0 Å². The predicted octanol–water partition coefficient (Wildman–Crippen LogP) is 1.80. The zero-order valence-electron chi connectivity index (χ0n) is 9.97. The van der Waals surface area contributed by atoms with Crippen LogP contribution >= 0.6 is 0 Å². The zero-order valence-corrected chi connectivity index (χ0v) is 9.97. The topological polar surface area (TPSA) is 56.5 Å². The van der Waals surface area contributed by atoms with Crippen LogP contribution in [0.1, 0.15) is 26.5 Å². The van der Waals surface area contributed by atoms with Crippen molar-refractivity contribution in [3.63, 3.8) is 0 Å². The molecule has 0 aromatic carbocycles. The van der Waals surface area contributed by atoms with Gasteiger partial charge in [0.25, 0.3) is 0 Å². The zero-order chi connectivity index (χ0) is 11.8. The lowest BCUT2D eigenvalue weighted by Crippen LogP contribution is -2.22. The molecule has 2 aromatic heterocycles. The van der Waals surface area contributed by atoms with Crippen molar-refractivity contribution < 1.29 is 0 Å². The van der Waals surface area contributed by atoms with Gasteiger partial charge in [-0.2, -0.15) is 0 Å². The fourth-order valence-corrected chi connectivity index (χ4v) is 1.41. The maximum absolute atomic E-state index is 4.31. The van der Waals surface area contributed by atoms with Gasteiger partial charge in [0.2, 0.25) is 0 Å². The number of aryl methyl sites for hydroxylation is 1. The molecule has 5 nitrogen and oxygen atoms in total. The third kappa shape index (κ3) is 1.93. The molecule has 0 spiro atoms. The number of hydrogen-bond donors (Lipinski definition) is 0. The molecule has 2 heterocycles. The summed E-state index contributed by atoms with van der Waals surface area (Å²) in [5, 5.41) is 8.03. The van der Waals surface area contributed by atoms with Crippen molar-refractivity contribution in [2.24, 2.45) is 0 Å². The van der Waals surface area contributed by atoms with E-state index in [9.17, 15) is 0 Å². The monoisotopic (exact) mass is 217 g/mol. The smallest absolute Gasteiger partial charge is 0.184 e. The van der Waals surface area contributed by atoms with Crippen LogP contribution in [0.3, 0.4) is 0 Å². The molecule has 0 bridgehead atoms. The summed E-state index contributed by atoms with van der Waals surface area (Å²) >= 11 is 0. The third-order valence-corrected chi connectivity index (χ3v) is 2.28. The van der Waals surface area contributed by atoms with E-state index in [0.717, 1.165) is 17.2 Å². The van der Waals surface area contributed by atoms with Gasteiger partial charge in [0, 0.05) is 11.7 Å². The Morgan fingerprint density at radius 2 is 1.88 bits per heavy atom. The largest absolute Gasteiger partial charge is 0.307 e. The lowest BCUT2D eigenvalue weighted by molar-refractivity contribution is 0.399. The Balaban J connectivity index is 2.49. The number of rotatable bonds is 1. The average molecular weight is 217 g/mol. The third-order valence-electron chi connectivity index (χ3n) is 2.28. The lowest BCUT2D eigenvalue weighted by Gasteiger charge is -2.21. The van der Waals surface area contributed by atoms with E-state index in [1.807, 2.05) is 11.5 Å². The highest BCUT2D eigenvalue weighted by molar-refractivity contribution is 5.47. The lowest BCUT2D eigenvalue weighted by atomic mass is 10.1. The van der Waals surface area contributed by atoms with Gasteiger partial charge < -0.3 is 4.57 Å². The highest BCUT2D eigenvalue weighted by atomic mass is 15.3. The van der Waals surface area contributed by atoms with E-state index in [1.54, 1.807) is 18.7 Å². The highest BCUT2D eigenvalue weighted by Crippen LogP contribution is 2.21. The maximum atomic E-state index is 4.31. The molecular formula is C11H15N5. The molecule has 84 valence electrons. The van der Waals surface area contributed by atoms with Gasteiger partial charge in [-0.25, -0.2) is 4.98 Å². The molecular weight excluding hydrogens is 202 g/mol. The molecule has 0 N–H and O–H groups in total. The minimum atomic E-state index is -0.0641. The van der Waals surface area contributed by atoms with Crippen LogP contribution in [0.25, 0.3) is 11.5 Å². The van der Waals surface area contributed by atoms with Crippen molar-refractivity contribution in [1.82, 2.24) is 24.7 Å². The minimum Gasteiger partial charge on any atom is -0.307 e. The summed E-state index contributed by atoms with van der Waals surface area (Å²) in [6.45, 7) is 8.20. The first-order valence-electron chi connectivity index (χ1n) is 5.18. The van der Waals surface area contributed by atoms with Crippen LogP contribution in [0, 0.1) is 6.92 Å². The second-order valence-electron chi connectivity index (χ2n) is 4.74. The van der Waals surface area contributed by atoms with E-state index in [2.05, 4.69) is 40.9 Å². The van der Waals surface area contributed by atoms with Gasteiger partial charge >= 0.3 is 0 Å². The Morgan fingerprint density at radius 1 is 1.12 bits per heavy atom. The first-order chi connectivity index (χ1) is 7.48. The Kier molecular flexibility index (Phi) is 2.46. The Labute approximate surface area is 94.6 Å². The molecule has 0 radical (unpaired) electrons. The van der Waals surface area contributed by atoms with Crippen LogP contribution in [0.2, 0.25) is 0 Å². The van der Waals surface area contributed by atoms with Crippen LogP contribution in [0.5, 0.6) is 0 Å². The maximum Gasteiger partial charge on any atom is 0.184 e. The van der Waals surface area contributed by atoms with Crippen molar-refractivity contribution in [2.75, 3.05) is 0 Å².